The van der Waals surface area contributed by atoms with Crippen LogP contribution in [0.5, 0.6) is 5.75 Å². The van der Waals surface area contributed by atoms with Crippen molar-refractivity contribution in [2.45, 2.75) is 32.8 Å². The Labute approximate surface area is 137 Å². The van der Waals surface area contributed by atoms with Gasteiger partial charge in [0.15, 0.2) is 6.10 Å². The molecule has 1 saturated heterocycles. The highest BCUT2D eigenvalue weighted by Crippen LogP contribution is 2.27. The molecule has 1 aromatic carbocycles. The predicted molar refractivity (Wildman–Crippen MR) is 89.5 cm³/mol. The van der Waals surface area contributed by atoms with Crippen molar-refractivity contribution in [3.8, 4) is 5.75 Å². The lowest BCUT2D eigenvalue weighted by molar-refractivity contribution is -0.139. The lowest BCUT2D eigenvalue weighted by atomic mass is 9.96. The Hall–Kier alpha value is -1.26. The van der Waals surface area contributed by atoms with Crippen LogP contribution in [-0.2, 0) is 4.79 Å². The minimum Gasteiger partial charge on any atom is -0.479 e. The molecular formula is C17H25ClN2O2. The second-order valence-corrected chi connectivity index (χ2v) is 6.43. The van der Waals surface area contributed by atoms with E-state index in [0.29, 0.717) is 16.7 Å². The lowest BCUT2D eigenvalue weighted by Crippen LogP contribution is -2.45. The zero-order valence-electron chi connectivity index (χ0n) is 13.6. The highest BCUT2D eigenvalue weighted by atomic mass is 35.5. The van der Waals surface area contributed by atoms with Crippen molar-refractivity contribution in [3.05, 3.63) is 28.8 Å². The summed E-state index contributed by atoms with van der Waals surface area (Å²) in [7, 11) is 1.97. The van der Waals surface area contributed by atoms with Crippen LogP contribution in [0.1, 0.15) is 25.3 Å². The molecule has 0 saturated carbocycles. The number of carbonyl (C=O) groups is 1. The van der Waals surface area contributed by atoms with Crippen LogP contribution in [0.2, 0.25) is 5.02 Å². The van der Waals surface area contributed by atoms with Crippen molar-refractivity contribution in [1.29, 1.82) is 0 Å². The van der Waals surface area contributed by atoms with Crippen molar-refractivity contribution in [1.82, 2.24) is 10.2 Å². The van der Waals surface area contributed by atoms with Gasteiger partial charge in [0.25, 0.3) is 5.91 Å². The van der Waals surface area contributed by atoms with Gasteiger partial charge in [0.05, 0.1) is 5.02 Å². The van der Waals surface area contributed by atoms with E-state index in [1.54, 1.807) is 13.0 Å². The minimum atomic E-state index is -0.514. The average molecular weight is 325 g/mol. The van der Waals surface area contributed by atoms with E-state index in [1.807, 2.05) is 31.0 Å². The van der Waals surface area contributed by atoms with E-state index >= 15 is 0 Å². The molecule has 1 amide bonds. The number of ether oxygens (including phenoxy) is 1. The number of nitrogens with one attached hydrogen (secondary N) is 1. The van der Waals surface area contributed by atoms with E-state index in [0.717, 1.165) is 38.0 Å². The van der Waals surface area contributed by atoms with Crippen LogP contribution < -0.4 is 10.1 Å². The molecule has 4 nitrogen and oxygen atoms in total. The molecule has 22 heavy (non-hydrogen) atoms. The van der Waals surface area contributed by atoms with Crippen molar-refractivity contribution >= 4 is 17.5 Å². The number of benzene rings is 1. The highest BCUT2D eigenvalue weighted by molar-refractivity contribution is 6.32. The Balaban J connectivity index is 1.91. The van der Waals surface area contributed by atoms with E-state index in [4.69, 9.17) is 16.3 Å². The minimum absolute atomic E-state index is 0.0421. The zero-order valence-corrected chi connectivity index (χ0v) is 14.3. The third-order valence-electron chi connectivity index (χ3n) is 4.16. The van der Waals surface area contributed by atoms with Gasteiger partial charge in [-0.2, -0.15) is 0 Å². The number of carbonyl (C=O) groups excluding carboxylic acids is 1. The van der Waals surface area contributed by atoms with Crippen LogP contribution in [0.4, 0.5) is 0 Å². The molecule has 5 heteroatoms. The Kier molecular flexibility index (Phi) is 6.09. The van der Waals surface area contributed by atoms with Crippen molar-refractivity contribution in [2.75, 3.05) is 26.7 Å². The molecule has 1 atom stereocenters. The summed E-state index contributed by atoms with van der Waals surface area (Å²) in [5, 5.41) is 3.75. The Bertz CT molecular complexity index is 513. The van der Waals surface area contributed by atoms with E-state index in [9.17, 15) is 4.79 Å². The second kappa shape index (κ2) is 7.84. The molecule has 1 fully saturated rings. The fraction of sp³-hybridized carbons (Fsp3) is 0.588. The molecule has 1 aromatic rings. The first-order valence-corrected chi connectivity index (χ1v) is 8.25. The molecule has 122 valence electrons. The van der Waals surface area contributed by atoms with Crippen LogP contribution >= 0.6 is 11.6 Å². The number of halogens is 1. The van der Waals surface area contributed by atoms with Gasteiger partial charge in [0.1, 0.15) is 5.75 Å². The van der Waals surface area contributed by atoms with Crippen LogP contribution in [0.25, 0.3) is 0 Å². The van der Waals surface area contributed by atoms with E-state index in [2.05, 4.69) is 5.32 Å². The molecule has 0 aromatic heterocycles. The molecule has 1 heterocycles. The molecule has 1 aliphatic rings. The molecule has 0 aliphatic carbocycles. The van der Waals surface area contributed by atoms with Gasteiger partial charge in [-0.25, -0.2) is 0 Å². The lowest BCUT2D eigenvalue weighted by Gasteiger charge is -2.33. The summed E-state index contributed by atoms with van der Waals surface area (Å²) in [6.45, 7) is 6.40. The Morgan fingerprint density at radius 1 is 1.45 bits per heavy atom. The molecule has 0 bridgehead atoms. The van der Waals surface area contributed by atoms with E-state index in [-0.39, 0.29) is 5.91 Å². The molecule has 1 unspecified atom stereocenters. The number of aryl methyl sites for hydroxylation is 1. The van der Waals surface area contributed by atoms with Gasteiger partial charge >= 0.3 is 0 Å². The number of hydrogen-bond donors (Lipinski definition) is 1. The van der Waals surface area contributed by atoms with Crippen LogP contribution in [0.15, 0.2) is 18.2 Å². The maximum absolute atomic E-state index is 12.5. The van der Waals surface area contributed by atoms with Crippen LogP contribution in [0.3, 0.4) is 0 Å². The van der Waals surface area contributed by atoms with Gasteiger partial charge in [0, 0.05) is 13.1 Å². The molecule has 1 aliphatic heterocycles. The first kappa shape index (κ1) is 17.1. The standard InChI is InChI=1S/C17H25ClN2O2/c1-12-4-5-15(18)16(10-12)22-13(2)17(21)20-8-6-14(7-9-20)11-19-3/h4-5,10,13-14,19H,6-9,11H2,1-3H3. The smallest absolute Gasteiger partial charge is 0.263 e. The Morgan fingerprint density at radius 2 is 2.14 bits per heavy atom. The highest BCUT2D eigenvalue weighted by Gasteiger charge is 2.27. The molecule has 0 radical (unpaired) electrons. The van der Waals surface area contributed by atoms with Crippen LogP contribution in [-0.4, -0.2) is 43.6 Å². The molecule has 2 rings (SSSR count). The first-order valence-electron chi connectivity index (χ1n) is 7.87. The topological polar surface area (TPSA) is 41.6 Å². The summed E-state index contributed by atoms with van der Waals surface area (Å²) in [6.07, 6.45) is 1.58. The van der Waals surface area contributed by atoms with Gasteiger partial charge in [0.2, 0.25) is 0 Å². The summed E-state index contributed by atoms with van der Waals surface area (Å²) in [6, 6.07) is 5.59. The number of hydrogen-bond acceptors (Lipinski definition) is 3. The summed E-state index contributed by atoms with van der Waals surface area (Å²) in [5.74, 6) is 1.28. The number of likely N-dealkylation sites (tertiary alicyclic amines) is 1. The Morgan fingerprint density at radius 3 is 2.77 bits per heavy atom. The fourth-order valence-electron chi connectivity index (χ4n) is 2.85. The van der Waals surface area contributed by atoms with Gasteiger partial charge in [-0.3, -0.25) is 4.79 Å². The first-order chi connectivity index (χ1) is 10.5. The van der Waals surface area contributed by atoms with E-state index < -0.39 is 6.10 Å². The summed E-state index contributed by atoms with van der Waals surface area (Å²) < 4.78 is 5.78. The number of amides is 1. The van der Waals surface area contributed by atoms with Gasteiger partial charge in [-0.1, -0.05) is 17.7 Å². The summed E-state index contributed by atoms with van der Waals surface area (Å²) in [4.78, 5) is 14.4. The molecule has 0 spiro atoms. The SMILES string of the molecule is CNCC1CCN(C(=O)C(C)Oc2cc(C)ccc2Cl)CC1. The van der Waals surface area contributed by atoms with Crippen molar-refractivity contribution in [3.63, 3.8) is 0 Å². The van der Waals surface area contributed by atoms with Gasteiger partial charge in [-0.05, 0) is 63.9 Å². The largest absolute Gasteiger partial charge is 0.479 e. The monoisotopic (exact) mass is 324 g/mol. The van der Waals surface area contributed by atoms with Crippen molar-refractivity contribution < 1.29 is 9.53 Å². The van der Waals surface area contributed by atoms with Gasteiger partial charge in [-0.15, -0.1) is 0 Å². The third kappa shape index (κ3) is 4.37. The number of nitrogens with zero attached hydrogens (tertiary/aromatic N) is 1. The normalized spacial score (nSPS) is 17.4. The van der Waals surface area contributed by atoms with E-state index in [1.165, 1.54) is 0 Å². The number of rotatable bonds is 5. The second-order valence-electron chi connectivity index (χ2n) is 6.02. The van der Waals surface area contributed by atoms with Crippen LogP contribution in [0, 0.1) is 12.8 Å². The molecule has 1 N–H and O–H groups in total. The predicted octanol–water partition coefficient (Wildman–Crippen LogP) is 2.87. The summed E-state index contributed by atoms with van der Waals surface area (Å²) >= 11 is 6.13. The zero-order chi connectivity index (χ0) is 16.1. The quantitative estimate of drug-likeness (QED) is 0.905. The number of piperidine rings is 1. The summed E-state index contributed by atoms with van der Waals surface area (Å²) in [5.41, 5.74) is 1.06. The maximum atomic E-state index is 12.5. The molecular weight excluding hydrogens is 300 g/mol. The average Bonchev–Trinajstić information content (AvgIpc) is 2.51. The maximum Gasteiger partial charge on any atom is 0.263 e. The fourth-order valence-corrected chi connectivity index (χ4v) is 3.01. The van der Waals surface area contributed by atoms with Gasteiger partial charge < -0.3 is 15.0 Å². The third-order valence-corrected chi connectivity index (χ3v) is 4.47. The van der Waals surface area contributed by atoms with Crippen molar-refractivity contribution in [2.24, 2.45) is 5.92 Å².